The summed E-state index contributed by atoms with van der Waals surface area (Å²) in [6.07, 6.45) is -0.157. The SMILES string of the molecule is Cc1ccc(NC(=O)[C@@H](C)OC(=O)CCCOc2ccccc2)c(Br)c1. The lowest BCUT2D eigenvalue weighted by Gasteiger charge is -2.14. The Morgan fingerprint density at radius 1 is 1.15 bits per heavy atom. The average molecular weight is 420 g/mol. The number of nitrogens with one attached hydrogen (secondary N) is 1. The molecule has 2 aromatic carbocycles. The number of benzene rings is 2. The highest BCUT2D eigenvalue weighted by atomic mass is 79.9. The van der Waals surface area contributed by atoms with Crippen LogP contribution in [0, 0.1) is 6.92 Å². The minimum absolute atomic E-state index is 0.193. The van der Waals surface area contributed by atoms with Crippen LogP contribution in [-0.2, 0) is 14.3 Å². The van der Waals surface area contributed by atoms with E-state index in [1.165, 1.54) is 0 Å². The highest BCUT2D eigenvalue weighted by molar-refractivity contribution is 9.10. The van der Waals surface area contributed by atoms with E-state index >= 15 is 0 Å². The number of hydrogen-bond acceptors (Lipinski definition) is 4. The minimum atomic E-state index is -0.870. The van der Waals surface area contributed by atoms with Crippen LogP contribution in [0.4, 0.5) is 5.69 Å². The van der Waals surface area contributed by atoms with E-state index in [-0.39, 0.29) is 12.3 Å². The molecule has 2 aromatic rings. The summed E-state index contributed by atoms with van der Waals surface area (Å²) in [5.74, 6) is -0.0342. The van der Waals surface area contributed by atoms with Gasteiger partial charge in [-0.2, -0.15) is 0 Å². The molecule has 1 N–H and O–H groups in total. The number of amides is 1. The zero-order valence-electron chi connectivity index (χ0n) is 14.8. The lowest BCUT2D eigenvalue weighted by Crippen LogP contribution is -2.30. The standard InChI is InChI=1S/C20H22BrNO4/c1-14-10-11-18(17(21)13-14)22-20(24)15(2)26-19(23)9-6-12-25-16-7-4-3-5-8-16/h3-5,7-8,10-11,13,15H,6,9,12H2,1-2H3,(H,22,24)/t15-/m1/s1. The van der Waals surface area contributed by atoms with Crippen molar-refractivity contribution in [3.63, 3.8) is 0 Å². The average Bonchev–Trinajstić information content (AvgIpc) is 2.62. The molecular formula is C20H22BrNO4. The molecule has 0 aromatic heterocycles. The first-order valence-corrected chi connectivity index (χ1v) is 9.19. The maximum atomic E-state index is 12.2. The maximum absolute atomic E-state index is 12.2. The molecule has 1 amide bonds. The van der Waals surface area contributed by atoms with Crippen molar-refractivity contribution in [2.75, 3.05) is 11.9 Å². The first kappa shape index (κ1) is 20.0. The van der Waals surface area contributed by atoms with E-state index in [4.69, 9.17) is 9.47 Å². The van der Waals surface area contributed by atoms with E-state index in [0.717, 1.165) is 15.8 Å². The van der Waals surface area contributed by atoms with E-state index in [1.54, 1.807) is 13.0 Å². The number of hydrogen-bond donors (Lipinski definition) is 1. The number of halogens is 1. The lowest BCUT2D eigenvalue weighted by molar-refractivity contribution is -0.153. The van der Waals surface area contributed by atoms with Crippen molar-refractivity contribution in [2.24, 2.45) is 0 Å². The third-order valence-electron chi connectivity index (χ3n) is 3.60. The van der Waals surface area contributed by atoms with Gasteiger partial charge in [0.25, 0.3) is 5.91 Å². The number of ether oxygens (including phenoxy) is 2. The molecule has 0 aliphatic heterocycles. The monoisotopic (exact) mass is 419 g/mol. The summed E-state index contributed by atoms with van der Waals surface area (Å²) in [6.45, 7) is 3.92. The van der Waals surface area contributed by atoms with Gasteiger partial charge in [0, 0.05) is 10.9 Å². The summed E-state index contributed by atoms with van der Waals surface area (Å²) in [6, 6.07) is 15.0. The van der Waals surface area contributed by atoms with Gasteiger partial charge in [0.05, 0.1) is 12.3 Å². The van der Waals surface area contributed by atoms with Crippen LogP contribution < -0.4 is 10.1 Å². The molecule has 0 aliphatic carbocycles. The van der Waals surface area contributed by atoms with Gasteiger partial charge in [-0.1, -0.05) is 24.3 Å². The summed E-state index contributed by atoms with van der Waals surface area (Å²) in [4.78, 5) is 24.0. The predicted molar refractivity (Wildman–Crippen MR) is 104 cm³/mol. The smallest absolute Gasteiger partial charge is 0.306 e. The van der Waals surface area contributed by atoms with Crippen LogP contribution in [0.3, 0.4) is 0 Å². The number of carbonyl (C=O) groups is 2. The molecule has 0 radical (unpaired) electrons. The molecule has 2 rings (SSSR count). The number of carbonyl (C=O) groups excluding carboxylic acids is 2. The third kappa shape index (κ3) is 6.52. The molecule has 26 heavy (non-hydrogen) atoms. The molecule has 0 fully saturated rings. The Balaban J connectivity index is 1.71. The maximum Gasteiger partial charge on any atom is 0.306 e. The van der Waals surface area contributed by atoms with Crippen molar-refractivity contribution in [3.05, 3.63) is 58.6 Å². The van der Waals surface area contributed by atoms with Gasteiger partial charge < -0.3 is 14.8 Å². The van der Waals surface area contributed by atoms with Gasteiger partial charge in [-0.05, 0) is 66.0 Å². The highest BCUT2D eigenvalue weighted by Gasteiger charge is 2.18. The quantitative estimate of drug-likeness (QED) is 0.505. The Bertz CT molecular complexity index is 749. The summed E-state index contributed by atoms with van der Waals surface area (Å²) >= 11 is 3.40. The molecule has 0 unspecified atom stereocenters. The number of para-hydroxylation sites is 1. The predicted octanol–water partition coefficient (Wildman–Crippen LogP) is 4.49. The summed E-state index contributed by atoms with van der Waals surface area (Å²) < 4.78 is 11.5. The Hall–Kier alpha value is -2.34. The summed E-state index contributed by atoms with van der Waals surface area (Å²) in [5.41, 5.74) is 1.71. The van der Waals surface area contributed by atoms with Gasteiger partial charge in [-0.25, -0.2) is 0 Å². The third-order valence-corrected chi connectivity index (χ3v) is 4.25. The topological polar surface area (TPSA) is 64.6 Å². The molecule has 0 aliphatic rings. The van der Waals surface area contributed by atoms with Crippen LogP contribution in [0.15, 0.2) is 53.0 Å². The second-order valence-electron chi connectivity index (χ2n) is 5.87. The second-order valence-corrected chi connectivity index (χ2v) is 6.72. The van der Waals surface area contributed by atoms with Crippen LogP contribution in [0.5, 0.6) is 5.75 Å². The van der Waals surface area contributed by atoms with Gasteiger partial charge in [0.15, 0.2) is 6.10 Å². The van der Waals surface area contributed by atoms with Crippen molar-refractivity contribution in [1.29, 1.82) is 0 Å². The molecule has 0 bridgehead atoms. The first-order chi connectivity index (χ1) is 12.5. The van der Waals surface area contributed by atoms with E-state index in [0.29, 0.717) is 18.7 Å². The van der Waals surface area contributed by atoms with Crippen molar-refractivity contribution in [2.45, 2.75) is 32.8 Å². The molecule has 0 heterocycles. The number of anilines is 1. The fourth-order valence-corrected chi connectivity index (χ4v) is 2.78. The zero-order valence-corrected chi connectivity index (χ0v) is 16.4. The summed E-state index contributed by atoms with van der Waals surface area (Å²) in [5, 5.41) is 2.74. The van der Waals surface area contributed by atoms with Crippen LogP contribution in [-0.4, -0.2) is 24.6 Å². The molecule has 0 saturated carbocycles. The second kappa shape index (κ2) is 9.97. The Morgan fingerprint density at radius 3 is 2.58 bits per heavy atom. The van der Waals surface area contributed by atoms with E-state index in [2.05, 4.69) is 21.2 Å². The number of aryl methyl sites for hydroxylation is 1. The van der Waals surface area contributed by atoms with Gasteiger partial charge >= 0.3 is 5.97 Å². The molecule has 138 valence electrons. The van der Waals surface area contributed by atoms with Gasteiger partial charge in [0.2, 0.25) is 0 Å². The van der Waals surface area contributed by atoms with Gasteiger partial charge in [-0.15, -0.1) is 0 Å². The molecule has 0 saturated heterocycles. The van der Waals surface area contributed by atoms with Crippen LogP contribution in [0.1, 0.15) is 25.3 Å². The molecule has 6 heteroatoms. The van der Waals surface area contributed by atoms with Crippen LogP contribution in [0.25, 0.3) is 0 Å². The van der Waals surface area contributed by atoms with Crippen molar-refractivity contribution in [3.8, 4) is 5.75 Å². The molecule has 5 nitrogen and oxygen atoms in total. The van der Waals surface area contributed by atoms with E-state index < -0.39 is 12.1 Å². The molecule has 1 atom stereocenters. The minimum Gasteiger partial charge on any atom is -0.494 e. The summed E-state index contributed by atoms with van der Waals surface area (Å²) in [7, 11) is 0. The Morgan fingerprint density at radius 2 is 1.88 bits per heavy atom. The Kier molecular flexibility index (Phi) is 7.66. The van der Waals surface area contributed by atoms with E-state index in [1.807, 2.05) is 49.4 Å². The lowest BCUT2D eigenvalue weighted by atomic mass is 10.2. The van der Waals surface area contributed by atoms with Crippen LogP contribution >= 0.6 is 15.9 Å². The highest BCUT2D eigenvalue weighted by Crippen LogP contribution is 2.23. The molecular weight excluding hydrogens is 398 g/mol. The number of esters is 1. The largest absolute Gasteiger partial charge is 0.494 e. The van der Waals surface area contributed by atoms with Gasteiger partial charge in [0.1, 0.15) is 5.75 Å². The van der Waals surface area contributed by atoms with Crippen molar-refractivity contribution >= 4 is 33.5 Å². The fraction of sp³-hybridized carbons (Fsp3) is 0.300. The first-order valence-electron chi connectivity index (χ1n) is 8.40. The van der Waals surface area contributed by atoms with Crippen molar-refractivity contribution < 1.29 is 19.1 Å². The van der Waals surface area contributed by atoms with Gasteiger partial charge in [-0.3, -0.25) is 9.59 Å². The fourth-order valence-electron chi connectivity index (χ4n) is 2.19. The normalized spacial score (nSPS) is 11.5. The van der Waals surface area contributed by atoms with Crippen LogP contribution in [0.2, 0.25) is 0 Å². The van der Waals surface area contributed by atoms with Crippen molar-refractivity contribution in [1.82, 2.24) is 0 Å². The number of rotatable bonds is 8. The zero-order chi connectivity index (χ0) is 18.9. The molecule has 0 spiro atoms. The van der Waals surface area contributed by atoms with E-state index in [9.17, 15) is 9.59 Å². The Labute approximate surface area is 161 Å².